The molecule has 6 nitrogen and oxygen atoms in total. The van der Waals surface area contributed by atoms with Crippen LogP contribution < -0.4 is 10.1 Å². The number of hydrogen-bond donors (Lipinski definition) is 1. The highest BCUT2D eigenvalue weighted by Crippen LogP contribution is 2.21. The molecule has 120 valence electrons. The number of aryl methyl sites for hydroxylation is 1. The zero-order chi connectivity index (χ0) is 16.1. The fourth-order valence-electron chi connectivity index (χ4n) is 2.63. The Morgan fingerprint density at radius 2 is 2.05 bits per heavy atom. The first kappa shape index (κ1) is 16.3. The molecular formula is C16H23N3O3. The number of pyridine rings is 1. The summed E-state index contributed by atoms with van der Waals surface area (Å²) in [4.78, 5) is 29.8. The second-order valence-corrected chi connectivity index (χ2v) is 5.51. The van der Waals surface area contributed by atoms with E-state index in [1.54, 1.807) is 11.0 Å². The third-order valence-corrected chi connectivity index (χ3v) is 3.70. The van der Waals surface area contributed by atoms with Crippen LogP contribution in [0.5, 0.6) is 5.88 Å². The summed E-state index contributed by atoms with van der Waals surface area (Å²) in [5.41, 5.74) is 1.33. The van der Waals surface area contributed by atoms with Crippen molar-refractivity contribution in [3.63, 3.8) is 0 Å². The van der Waals surface area contributed by atoms with Gasteiger partial charge in [-0.15, -0.1) is 0 Å². The van der Waals surface area contributed by atoms with Gasteiger partial charge in [-0.3, -0.25) is 9.59 Å². The largest absolute Gasteiger partial charge is 0.477 e. The predicted octanol–water partition coefficient (Wildman–Crippen LogP) is 1.53. The van der Waals surface area contributed by atoms with E-state index in [4.69, 9.17) is 4.74 Å². The zero-order valence-electron chi connectivity index (χ0n) is 13.4. The lowest BCUT2D eigenvalue weighted by Gasteiger charge is -2.32. The second-order valence-electron chi connectivity index (χ2n) is 5.51. The molecule has 1 saturated heterocycles. The maximum atomic E-state index is 12.7. The first-order valence-corrected chi connectivity index (χ1v) is 7.68. The fraction of sp³-hybridized carbons (Fsp3) is 0.562. The summed E-state index contributed by atoms with van der Waals surface area (Å²) in [7, 11) is 0. The number of rotatable bonds is 4. The van der Waals surface area contributed by atoms with Crippen LogP contribution in [0.4, 0.5) is 0 Å². The predicted molar refractivity (Wildman–Crippen MR) is 82.9 cm³/mol. The Hall–Kier alpha value is -2.11. The van der Waals surface area contributed by atoms with Crippen molar-refractivity contribution in [3.05, 3.63) is 23.4 Å². The van der Waals surface area contributed by atoms with Crippen molar-refractivity contribution in [2.24, 2.45) is 0 Å². The van der Waals surface area contributed by atoms with Gasteiger partial charge in [-0.2, -0.15) is 0 Å². The number of carbonyl (C=O) groups is 2. The van der Waals surface area contributed by atoms with E-state index in [1.165, 1.54) is 6.92 Å². The molecule has 22 heavy (non-hydrogen) atoms. The number of ether oxygens (including phenoxy) is 1. The molecule has 1 fully saturated rings. The van der Waals surface area contributed by atoms with Crippen molar-refractivity contribution in [2.75, 3.05) is 19.7 Å². The molecule has 2 rings (SSSR count). The van der Waals surface area contributed by atoms with Crippen LogP contribution in [-0.4, -0.2) is 47.4 Å². The summed E-state index contributed by atoms with van der Waals surface area (Å²) >= 11 is 0. The van der Waals surface area contributed by atoms with Gasteiger partial charge >= 0.3 is 0 Å². The average Bonchev–Trinajstić information content (AvgIpc) is 2.47. The molecule has 1 aromatic heterocycles. The minimum absolute atomic E-state index is 0.0221. The minimum Gasteiger partial charge on any atom is -0.477 e. The summed E-state index contributed by atoms with van der Waals surface area (Å²) in [6.07, 6.45) is 1.54. The van der Waals surface area contributed by atoms with Gasteiger partial charge in [0.1, 0.15) is 5.56 Å². The first-order valence-electron chi connectivity index (χ1n) is 7.68. The van der Waals surface area contributed by atoms with Crippen LogP contribution in [0.1, 0.15) is 42.7 Å². The summed E-state index contributed by atoms with van der Waals surface area (Å²) < 4.78 is 5.49. The third kappa shape index (κ3) is 3.96. The van der Waals surface area contributed by atoms with E-state index in [2.05, 4.69) is 10.3 Å². The summed E-state index contributed by atoms with van der Waals surface area (Å²) in [5.74, 6) is 0.319. The Morgan fingerprint density at radius 3 is 2.64 bits per heavy atom. The lowest BCUT2D eigenvalue weighted by Crippen LogP contribution is -2.46. The minimum atomic E-state index is -0.0581. The molecule has 1 aliphatic heterocycles. The Bertz CT molecular complexity index is 552. The van der Waals surface area contributed by atoms with Gasteiger partial charge in [0.2, 0.25) is 11.8 Å². The number of hydrogen-bond acceptors (Lipinski definition) is 4. The van der Waals surface area contributed by atoms with Gasteiger partial charge in [-0.05, 0) is 38.8 Å². The smallest absolute Gasteiger partial charge is 0.259 e. The Kier molecular flexibility index (Phi) is 5.35. The van der Waals surface area contributed by atoms with Crippen molar-refractivity contribution in [3.8, 4) is 5.88 Å². The molecule has 2 amide bonds. The van der Waals surface area contributed by atoms with E-state index in [9.17, 15) is 9.59 Å². The highest BCUT2D eigenvalue weighted by molar-refractivity contribution is 5.96. The van der Waals surface area contributed by atoms with Gasteiger partial charge in [0, 0.05) is 31.7 Å². The molecule has 2 heterocycles. The number of likely N-dealkylation sites (tertiary alicyclic amines) is 1. The molecule has 0 aliphatic carbocycles. The maximum Gasteiger partial charge on any atom is 0.259 e. The first-order chi connectivity index (χ1) is 10.5. The number of aromatic nitrogens is 1. The molecule has 0 spiro atoms. The lowest BCUT2D eigenvalue weighted by molar-refractivity contribution is -0.119. The van der Waals surface area contributed by atoms with Gasteiger partial charge in [0.25, 0.3) is 5.91 Å². The molecule has 1 aliphatic rings. The number of amides is 2. The number of piperidine rings is 1. The molecule has 0 radical (unpaired) electrons. The fourth-order valence-corrected chi connectivity index (χ4v) is 2.63. The molecule has 6 heteroatoms. The van der Waals surface area contributed by atoms with E-state index >= 15 is 0 Å². The SMILES string of the molecule is CCOc1nc(C)ccc1C(=O)N1CCC(NC(C)=O)CC1. The summed E-state index contributed by atoms with van der Waals surface area (Å²) in [6.45, 7) is 6.99. The van der Waals surface area contributed by atoms with Crippen LogP contribution in [0.25, 0.3) is 0 Å². The Labute approximate surface area is 130 Å². The van der Waals surface area contributed by atoms with Crippen LogP contribution in [0, 0.1) is 6.92 Å². The van der Waals surface area contributed by atoms with Crippen LogP contribution in [-0.2, 0) is 4.79 Å². The van der Waals surface area contributed by atoms with Gasteiger partial charge < -0.3 is 15.0 Å². The topological polar surface area (TPSA) is 71.5 Å². The molecule has 1 N–H and O–H groups in total. The van der Waals surface area contributed by atoms with Crippen LogP contribution >= 0.6 is 0 Å². The molecule has 0 unspecified atom stereocenters. The van der Waals surface area contributed by atoms with Gasteiger partial charge in [-0.1, -0.05) is 0 Å². The maximum absolute atomic E-state index is 12.7. The molecule has 0 bridgehead atoms. The molecule has 1 aromatic rings. The van der Waals surface area contributed by atoms with E-state index in [0.29, 0.717) is 31.1 Å². The van der Waals surface area contributed by atoms with E-state index in [-0.39, 0.29) is 17.9 Å². The van der Waals surface area contributed by atoms with Crippen LogP contribution in [0.3, 0.4) is 0 Å². The Balaban J connectivity index is 2.05. The quantitative estimate of drug-likeness (QED) is 0.915. The normalized spacial score (nSPS) is 15.5. The van der Waals surface area contributed by atoms with Crippen molar-refractivity contribution in [1.29, 1.82) is 0 Å². The molecule has 0 aromatic carbocycles. The third-order valence-electron chi connectivity index (χ3n) is 3.70. The second kappa shape index (κ2) is 7.24. The number of carbonyl (C=O) groups excluding carboxylic acids is 2. The van der Waals surface area contributed by atoms with Crippen molar-refractivity contribution < 1.29 is 14.3 Å². The standard InChI is InChI=1S/C16H23N3O3/c1-4-22-15-14(6-5-11(2)17-15)16(21)19-9-7-13(8-10-19)18-12(3)20/h5-6,13H,4,7-10H2,1-3H3,(H,18,20). The number of nitrogens with zero attached hydrogens (tertiary/aromatic N) is 2. The highest BCUT2D eigenvalue weighted by atomic mass is 16.5. The highest BCUT2D eigenvalue weighted by Gasteiger charge is 2.26. The summed E-state index contributed by atoms with van der Waals surface area (Å²) in [6, 6.07) is 3.75. The molecular weight excluding hydrogens is 282 g/mol. The number of nitrogens with one attached hydrogen (secondary N) is 1. The van der Waals surface area contributed by atoms with Gasteiger partial charge in [-0.25, -0.2) is 4.98 Å². The van der Waals surface area contributed by atoms with Crippen molar-refractivity contribution in [2.45, 2.75) is 39.7 Å². The Morgan fingerprint density at radius 1 is 1.36 bits per heavy atom. The van der Waals surface area contributed by atoms with E-state index < -0.39 is 0 Å². The van der Waals surface area contributed by atoms with Crippen LogP contribution in [0.2, 0.25) is 0 Å². The molecule has 0 atom stereocenters. The van der Waals surface area contributed by atoms with E-state index in [0.717, 1.165) is 18.5 Å². The van der Waals surface area contributed by atoms with E-state index in [1.807, 2.05) is 19.9 Å². The van der Waals surface area contributed by atoms with Gasteiger partial charge in [0.05, 0.1) is 6.61 Å². The molecule has 0 saturated carbocycles. The lowest BCUT2D eigenvalue weighted by atomic mass is 10.0. The van der Waals surface area contributed by atoms with Gasteiger partial charge in [0.15, 0.2) is 0 Å². The monoisotopic (exact) mass is 305 g/mol. The van der Waals surface area contributed by atoms with Crippen molar-refractivity contribution >= 4 is 11.8 Å². The van der Waals surface area contributed by atoms with Crippen molar-refractivity contribution in [1.82, 2.24) is 15.2 Å². The average molecular weight is 305 g/mol. The zero-order valence-corrected chi connectivity index (χ0v) is 13.4. The summed E-state index contributed by atoms with van der Waals surface area (Å²) in [5, 5.41) is 2.91. The van der Waals surface area contributed by atoms with Crippen LogP contribution in [0.15, 0.2) is 12.1 Å².